The number of halogens is 3. The minimum Gasteiger partial charge on any atom is -0.458 e. The molecule has 0 bridgehead atoms. The van der Waals surface area contributed by atoms with Gasteiger partial charge in [-0.25, -0.2) is 18.4 Å². The second-order valence-corrected chi connectivity index (χ2v) is 16.6. The van der Waals surface area contributed by atoms with Gasteiger partial charge in [-0.15, -0.1) is 0 Å². The van der Waals surface area contributed by atoms with Crippen LogP contribution in [0.3, 0.4) is 0 Å². The molecule has 4 heterocycles. The average Bonchev–Trinajstić information content (AvgIpc) is 3.59. The monoisotopic (exact) mass is 857 g/mol. The number of cyclic esters (lactones) is 1. The molecule has 60 heavy (non-hydrogen) atoms. The zero-order chi connectivity index (χ0) is 43.4. The lowest BCUT2D eigenvalue weighted by Crippen LogP contribution is -2.66. The number of aliphatic hydroxyl groups excluding tert-OH is 1. The van der Waals surface area contributed by atoms with Crippen molar-refractivity contribution < 1.29 is 52.2 Å². The highest BCUT2D eigenvalue weighted by Gasteiger charge is 2.47. The topological polar surface area (TPSA) is 207 Å². The molecule has 0 unspecified atom stereocenters. The Hall–Kier alpha value is -5.36. The highest BCUT2D eigenvalue weighted by atomic mass is 35.5. The Kier molecular flexibility index (Phi) is 13.9. The molecule has 19 heteroatoms. The van der Waals surface area contributed by atoms with E-state index in [1.54, 1.807) is 12.1 Å². The Morgan fingerprint density at radius 2 is 1.60 bits per heavy atom. The summed E-state index contributed by atoms with van der Waals surface area (Å²) in [6.07, 6.45) is -1.22. The molecule has 324 valence electrons. The summed E-state index contributed by atoms with van der Waals surface area (Å²) in [5.41, 5.74) is 0.221. The zero-order valence-electron chi connectivity index (χ0n) is 33.5. The van der Waals surface area contributed by atoms with E-state index in [-0.39, 0.29) is 56.1 Å². The van der Waals surface area contributed by atoms with E-state index in [2.05, 4.69) is 21.3 Å². The zero-order valence-corrected chi connectivity index (χ0v) is 34.3. The van der Waals surface area contributed by atoms with Gasteiger partial charge in [-0.3, -0.25) is 24.0 Å². The van der Waals surface area contributed by atoms with Gasteiger partial charge in [0.2, 0.25) is 29.5 Å². The smallest absolute Gasteiger partial charge is 0.329 e. The van der Waals surface area contributed by atoms with Crippen molar-refractivity contribution in [3.63, 3.8) is 0 Å². The van der Waals surface area contributed by atoms with Crippen LogP contribution in [-0.2, 0) is 39.9 Å². The van der Waals surface area contributed by atoms with Crippen LogP contribution in [0.1, 0.15) is 64.9 Å². The Labute approximate surface area is 350 Å². The number of benzene rings is 2. The molecule has 0 aromatic heterocycles. The van der Waals surface area contributed by atoms with E-state index >= 15 is 0 Å². The van der Waals surface area contributed by atoms with Gasteiger partial charge in [-0.2, -0.15) is 0 Å². The predicted molar refractivity (Wildman–Crippen MR) is 212 cm³/mol. The third-order valence-electron chi connectivity index (χ3n) is 11.4. The third-order valence-corrected chi connectivity index (χ3v) is 11.6. The summed E-state index contributed by atoms with van der Waals surface area (Å²) < 4.78 is 34.6. The fourth-order valence-electron chi connectivity index (χ4n) is 8.45. The van der Waals surface area contributed by atoms with E-state index in [0.717, 1.165) is 17.0 Å². The van der Waals surface area contributed by atoms with Crippen molar-refractivity contribution in [2.75, 3.05) is 25.0 Å². The molecule has 2 aromatic carbocycles. The lowest BCUT2D eigenvalue weighted by molar-refractivity contribution is -0.165. The van der Waals surface area contributed by atoms with Crippen LogP contribution in [0.2, 0.25) is 5.02 Å². The lowest BCUT2D eigenvalue weighted by Gasteiger charge is -2.44. The largest absolute Gasteiger partial charge is 0.458 e. The van der Waals surface area contributed by atoms with Gasteiger partial charge in [-0.05, 0) is 94.2 Å². The van der Waals surface area contributed by atoms with Crippen LogP contribution in [0.4, 0.5) is 19.3 Å². The maximum Gasteiger partial charge on any atom is 0.329 e. The van der Waals surface area contributed by atoms with Crippen LogP contribution < -0.4 is 21.3 Å². The number of nitrogens with zero attached hydrogens (tertiary/aromatic N) is 3. The van der Waals surface area contributed by atoms with Crippen LogP contribution in [-0.4, -0.2) is 129 Å². The molecule has 7 amide bonds. The normalized spacial score (nSPS) is 28.4. The molecule has 0 spiro atoms. The first kappa shape index (κ1) is 44.2. The third kappa shape index (κ3) is 10.3. The Morgan fingerprint density at radius 1 is 0.883 bits per heavy atom. The van der Waals surface area contributed by atoms with E-state index in [4.69, 9.17) is 16.3 Å². The SMILES string of the molecule is C[C@@H]1C[C@H]2C(=O)O[C@@H](C)[C@H](NC(=O)[C@H](Cc3cc(F)cc(F)c3)NC(=O)Nc3cccc(Cl)c3)C(=O)N3C[C@H](O)CC[C@H]3C(=O)N3CCCC[C@H]3C(=O)N[C@@H](C)C(=O)N2C1. The minimum atomic E-state index is -1.76. The number of hydrogen-bond acceptors (Lipinski definition) is 9. The first-order chi connectivity index (χ1) is 28.5. The van der Waals surface area contributed by atoms with Crippen molar-refractivity contribution >= 4 is 58.8 Å². The Bertz CT molecular complexity index is 1990. The Morgan fingerprint density at radius 3 is 2.32 bits per heavy atom. The van der Waals surface area contributed by atoms with Crippen LogP contribution in [0.25, 0.3) is 0 Å². The van der Waals surface area contributed by atoms with Crippen molar-refractivity contribution in [2.45, 2.75) is 114 Å². The molecule has 5 N–H and O–H groups in total. The van der Waals surface area contributed by atoms with E-state index in [1.165, 1.54) is 35.8 Å². The molecule has 0 saturated carbocycles. The van der Waals surface area contributed by atoms with Crippen molar-refractivity contribution in [2.24, 2.45) is 5.92 Å². The Balaban J connectivity index is 1.37. The molecule has 4 fully saturated rings. The van der Waals surface area contributed by atoms with Crippen molar-refractivity contribution in [3.05, 3.63) is 64.7 Å². The van der Waals surface area contributed by atoms with Crippen LogP contribution >= 0.6 is 11.6 Å². The predicted octanol–water partition coefficient (Wildman–Crippen LogP) is 2.26. The number of esters is 1. The van der Waals surface area contributed by atoms with Gasteiger partial charge < -0.3 is 45.8 Å². The van der Waals surface area contributed by atoms with E-state index in [0.29, 0.717) is 30.4 Å². The minimum absolute atomic E-state index is 0.00574. The lowest BCUT2D eigenvalue weighted by atomic mass is 9.94. The summed E-state index contributed by atoms with van der Waals surface area (Å²) in [6, 6.07) is 0.0421. The van der Waals surface area contributed by atoms with Gasteiger partial charge >= 0.3 is 12.0 Å². The fraction of sp³-hybridized carbons (Fsp3) is 0.537. The van der Waals surface area contributed by atoms with Crippen molar-refractivity contribution in [1.82, 2.24) is 30.7 Å². The van der Waals surface area contributed by atoms with E-state index in [1.807, 2.05) is 6.92 Å². The van der Waals surface area contributed by atoms with Crippen molar-refractivity contribution in [3.8, 4) is 0 Å². The maximum absolute atomic E-state index is 14.9. The number of piperidine rings is 2. The number of rotatable bonds is 6. The number of anilines is 1. The molecule has 9 atom stereocenters. The van der Waals surface area contributed by atoms with Crippen LogP contribution in [0.5, 0.6) is 0 Å². The molecule has 2 aromatic rings. The summed E-state index contributed by atoms with van der Waals surface area (Å²) in [5, 5.41) is 21.5. The van der Waals surface area contributed by atoms with E-state index in [9.17, 15) is 47.4 Å². The standard InChI is InChI=1S/C41H50ClF2N7O9/c1-21-13-33-40(58)60-23(3)34(48-35(53)30(16-24-14-26(43)18-27(44)15-24)47-41(59)46-28-8-6-7-25(42)17-28)39(57)51-20-29(52)10-11-32(51)38(56)49-12-5-4-9-31(49)36(54)45-22(2)37(55)50(33)19-21/h6-8,14-15,17-18,21-23,29-34,52H,4-5,9-13,16,19-20H2,1-3H3,(H,45,54)(H,48,53)(H2,46,47,59)/t21-,22+,23+,29-,30+,31+,32+,33+,34+/m1/s1. The number of carbonyl (C=O) groups excluding carboxylic acids is 7. The summed E-state index contributed by atoms with van der Waals surface area (Å²) in [4.78, 5) is 102. The second-order valence-electron chi connectivity index (χ2n) is 16.1. The first-order valence-electron chi connectivity index (χ1n) is 20.2. The number of nitrogens with one attached hydrogen (secondary N) is 4. The van der Waals surface area contributed by atoms with E-state index < -0.39 is 108 Å². The molecule has 4 aliphatic rings. The number of amides is 7. The number of hydrogen-bond donors (Lipinski definition) is 5. The summed E-state index contributed by atoms with van der Waals surface area (Å²) in [6.45, 7) is 4.68. The van der Waals surface area contributed by atoms with Gasteiger partial charge in [0.25, 0.3) is 0 Å². The van der Waals surface area contributed by atoms with Gasteiger partial charge in [0.15, 0.2) is 0 Å². The number of aliphatic hydroxyl groups is 1. The van der Waals surface area contributed by atoms with Crippen molar-refractivity contribution in [1.29, 1.82) is 0 Å². The molecule has 16 nitrogen and oxygen atoms in total. The summed E-state index contributed by atoms with van der Waals surface area (Å²) in [7, 11) is 0. The highest BCUT2D eigenvalue weighted by Crippen LogP contribution is 2.29. The van der Waals surface area contributed by atoms with Gasteiger partial charge in [0.1, 0.15) is 54.0 Å². The number of carbonyl (C=O) groups is 7. The van der Waals surface area contributed by atoms with Gasteiger partial charge in [0.05, 0.1) is 6.10 Å². The molecule has 6 rings (SSSR count). The second kappa shape index (κ2) is 18.9. The van der Waals surface area contributed by atoms with Gasteiger partial charge in [0, 0.05) is 42.8 Å². The van der Waals surface area contributed by atoms with Crippen LogP contribution in [0, 0.1) is 17.6 Å². The molecule has 4 saturated heterocycles. The summed E-state index contributed by atoms with van der Waals surface area (Å²) >= 11 is 6.07. The van der Waals surface area contributed by atoms with Gasteiger partial charge in [-0.1, -0.05) is 24.6 Å². The molecular weight excluding hydrogens is 808 g/mol. The molecule has 0 radical (unpaired) electrons. The molecular formula is C41H50ClF2N7O9. The van der Waals surface area contributed by atoms with Crippen LogP contribution in [0.15, 0.2) is 42.5 Å². The average molecular weight is 858 g/mol. The molecule has 0 aliphatic carbocycles. The maximum atomic E-state index is 14.9. The molecule has 4 aliphatic heterocycles. The quantitative estimate of drug-likeness (QED) is 0.270. The highest BCUT2D eigenvalue weighted by molar-refractivity contribution is 6.30. The first-order valence-corrected chi connectivity index (χ1v) is 20.6. The number of urea groups is 1. The number of fused-ring (bicyclic) bond motifs is 3. The summed E-state index contributed by atoms with van der Waals surface area (Å²) in [5.74, 6) is -6.59. The number of ether oxygens (including phenoxy) is 1. The fourth-order valence-corrected chi connectivity index (χ4v) is 8.64.